The Kier molecular flexibility index (Phi) is 4.31. The highest BCUT2D eigenvalue weighted by Gasteiger charge is 2.30. The van der Waals surface area contributed by atoms with Crippen LogP contribution in [0.2, 0.25) is 5.02 Å². The van der Waals surface area contributed by atoms with Gasteiger partial charge in [0.15, 0.2) is 0 Å². The van der Waals surface area contributed by atoms with Crippen LogP contribution in [-0.2, 0) is 4.79 Å². The number of rotatable bonds is 4. The van der Waals surface area contributed by atoms with Gasteiger partial charge in [0, 0.05) is 17.3 Å². The Morgan fingerprint density at radius 2 is 2.18 bits per heavy atom. The van der Waals surface area contributed by atoms with Gasteiger partial charge in [-0.25, -0.2) is 0 Å². The van der Waals surface area contributed by atoms with Crippen LogP contribution in [0, 0.1) is 0 Å². The summed E-state index contributed by atoms with van der Waals surface area (Å²) < 4.78 is 0. The van der Waals surface area contributed by atoms with Gasteiger partial charge in [-0.1, -0.05) is 23.7 Å². The Morgan fingerprint density at radius 1 is 1.47 bits per heavy atom. The van der Waals surface area contributed by atoms with Gasteiger partial charge in [0.2, 0.25) is 5.91 Å². The molecule has 2 rings (SSSR count). The van der Waals surface area contributed by atoms with Crippen LogP contribution in [0.25, 0.3) is 0 Å². The van der Waals surface area contributed by atoms with Crippen molar-refractivity contribution >= 4 is 29.3 Å². The summed E-state index contributed by atoms with van der Waals surface area (Å²) >= 11 is 7.61. The summed E-state index contributed by atoms with van der Waals surface area (Å²) in [6.45, 7) is 1.20. The molecule has 1 heterocycles. The third-order valence-corrected chi connectivity index (χ3v) is 3.64. The van der Waals surface area contributed by atoms with Crippen molar-refractivity contribution in [2.45, 2.75) is 6.17 Å². The smallest absolute Gasteiger partial charge is 0.238 e. The number of halogens is 1. The van der Waals surface area contributed by atoms with Crippen molar-refractivity contribution in [1.82, 2.24) is 10.2 Å². The number of hydrogen-bond donors (Lipinski definition) is 1. The summed E-state index contributed by atoms with van der Waals surface area (Å²) in [6.07, 6.45) is 2.04. The molecule has 0 radical (unpaired) electrons. The number of thioether (sulfide) groups is 1. The molecule has 0 spiro atoms. The van der Waals surface area contributed by atoms with E-state index in [1.54, 1.807) is 11.8 Å². The molecule has 1 amide bonds. The number of carbonyl (C=O) groups excluding carboxylic acids is 1. The van der Waals surface area contributed by atoms with Crippen molar-refractivity contribution in [2.24, 2.45) is 0 Å². The first-order valence-corrected chi connectivity index (χ1v) is 7.27. The van der Waals surface area contributed by atoms with Crippen molar-refractivity contribution in [3.63, 3.8) is 0 Å². The Bertz CT molecular complexity index is 396. The highest BCUT2D eigenvalue weighted by atomic mass is 35.5. The molecule has 0 saturated carbocycles. The Labute approximate surface area is 111 Å². The monoisotopic (exact) mass is 270 g/mol. The molecule has 1 fully saturated rings. The molecule has 92 valence electrons. The molecule has 1 saturated heterocycles. The number of nitrogens with zero attached hydrogens (tertiary/aromatic N) is 1. The first-order valence-electron chi connectivity index (χ1n) is 5.49. The average molecular weight is 271 g/mol. The lowest BCUT2D eigenvalue weighted by Crippen LogP contribution is -2.32. The van der Waals surface area contributed by atoms with Crippen molar-refractivity contribution in [3.8, 4) is 0 Å². The summed E-state index contributed by atoms with van der Waals surface area (Å²) in [5.41, 5.74) is 1.08. The number of hydrogen-bond acceptors (Lipinski definition) is 3. The fraction of sp³-hybridized carbons (Fsp3) is 0.417. The van der Waals surface area contributed by atoms with E-state index < -0.39 is 0 Å². The van der Waals surface area contributed by atoms with E-state index in [0.717, 1.165) is 17.9 Å². The molecule has 1 aromatic carbocycles. The normalized spacial score (nSPS) is 20.0. The first kappa shape index (κ1) is 12.7. The molecule has 1 aromatic rings. The number of nitrogens with one attached hydrogen (secondary N) is 1. The van der Waals surface area contributed by atoms with E-state index in [2.05, 4.69) is 5.32 Å². The largest absolute Gasteiger partial charge is 0.321 e. The second-order valence-corrected chi connectivity index (χ2v) is 5.34. The average Bonchev–Trinajstić information content (AvgIpc) is 2.69. The Balaban J connectivity index is 2.13. The summed E-state index contributed by atoms with van der Waals surface area (Å²) in [5, 5.41) is 3.94. The first-order chi connectivity index (χ1) is 8.22. The topological polar surface area (TPSA) is 32.3 Å². The second kappa shape index (κ2) is 5.76. The van der Waals surface area contributed by atoms with Gasteiger partial charge in [0.25, 0.3) is 0 Å². The number of carbonyl (C=O) groups is 1. The maximum absolute atomic E-state index is 11.8. The van der Waals surface area contributed by atoms with Gasteiger partial charge < -0.3 is 4.90 Å². The van der Waals surface area contributed by atoms with Crippen LogP contribution >= 0.6 is 23.4 Å². The summed E-state index contributed by atoms with van der Waals surface area (Å²) in [6, 6.07) is 7.64. The van der Waals surface area contributed by atoms with Gasteiger partial charge in [-0.05, 0) is 24.0 Å². The van der Waals surface area contributed by atoms with Gasteiger partial charge in [0.05, 0.1) is 6.54 Å². The fourth-order valence-corrected chi connectivity index (χ4v) is 2.43. The zero-order valence-electron chi connectivity index (χ0n) is 9.65. The second-order valence-electron chi connectivity index (χ2n) is 3.91. The maximum Gasteiger partial charge on any atom is 0.238 e. The molecule has 0 bridgehead atoms. The molecule has 1 aliphatic rings. The number of amides is 1. The molecule has 1 atom stereocenters. The summed E-state index contributed by atoms with van der Waals surface area (Å²) in [4.78, 5) is 13.6. The zero-order valence-corrected chi connectivity index (χ0v) is 11.2. The lowest BCUT2D eigenvalue weighted by atomic mass is 10.1. The van der Waals surface area contributed by atoms with Crippen LogP contribution in [0.1, 0.15) is 11.7 Å². The standard InChI is InChI=1S/C12H15ClN2OS/c1-17-7-6-15-11(16)8-14-12(15)9-2-4-10(13)5-3-9/h2-5,12,14H,6-8H2,1H3. The van der Waals surface area contributed by atoms with Crippen molar-refractivity contribution in [1.29, 1.82) is 0 Å². The summed E-state index contributed by atoms with van der Waals surface area (Å²) in [7, 11) is 0. The highest BCUT2D eigenvalue weighted by molar-refractivity contribution is 7.98. The van der Waals surface area contributed by atoms with Crippen LogP contribution in [0.15, 0.2) is 24.3 Å². The molecule has 0 aromatic heterocycles. The minimum Gasteiger partial charge on any atom is -0.321 e. The molecule has 3 nitrogen and oxygen atoms in total. The molecule has 1 aliphatic heterocycles. The van der Waals surface area contributed by atoms with Crippen LogP contribution in [0.4, 0.5) is 0 Å². The van der Waals surface area contributed by atoms with Gasteiger partial charge in [-0.15, -0.1) is 0 Å². The molecule has 5 heteroatoms. The van der Waals surface area contributed by atoms with Crippen molar-refractivity contribution < 1.29 is 4.79 Å². The zero-order chi connectivity index (χ0) is 12.3. The molecule has 1 N–H and O–H groups in total. The van der Waals surface area contributed by atoms with E-state index in [1.165, 1.54) is 0 Å². The van der Waals surface area contributed by atoms with Gasteiger partial charge >= 0.3 is 0 Å². The van der Waals surface area contributed by atoms with E-state index >= 15 is 0 Å². The maximum atomic E-state index is 11.8. The summed E-state index contributed by atoms with van der Waals surface area (Å²) in [5.74, 6) is 1.12. The van der Waals surface area contributed by atoms with Crippen LogP contribution in [0.5, 0.6) is 0 Å². The minimum absolute atomic E-state index is 0.00748. The molecular weight excluding hydrogens is 256 g/mol. The van der Waals surface area contributed by atoms with Gasteiger partial charge in [0.1, 0.15) is 6.17 Å². The van der Waals surface area contributed by atoms with E-state index in [9.17, 15) is 4.79 Å². The quantitative estimate of drug-likeness (QED) is 0.910. The van der Waals surface area contributed by atoms with E-state index in [-0.39, 0.29) is 12.1 Å². The molecule has 0 aliphatic carbocycles. The highest BCUT2D eigenvalue weighted by Crippen LogP contribution is 2.23. The van der Waals surface area contributed by atoms with Gasteiger partial charge in [-0.2, -0.15) is 11.8 Å². The predicted molar refractivity (Wildman–Crippen MR) is 72.3 cm³/mol. The van der Waals surface area contributed by atoms with E-state index in [0.29, 0.717) is 11.6 Å². The lowest BCUT2D eigenvalue weighted by Gasteiger charge is -2.24. The van der Waals surface area contributed by atoms with Crippen molar-refractivity contribution in [3.05, 3.63) is 34.9 Å². The van der Waals surface area contributed by atoms with Gasteiger partial charge in [-0.3, -0.25) is 10.1 Å². The third-order valence-electron chi connectivity index (χ3n) is 2.80. The van der Waals surface area contributed by atoms with E-state index in [1.807, 2.05) is 35.4 Å². The Morgan fingerprint density at radius 3 is 2.82 bits per heavy atom. The SMILES string of the molecule is CSCCN1C(=O)CNC1c1ccc(Cl)cc1. The minimum atomic E-state index is -0.00748. The predicted octanol–water partition coefficient (Wildman–Crippen LogP) is 2.13. The fourth-order valence-electron chi connectivity index (χ4n) is 1.93. The molecular formula is C12H15ClN2OS. The van der Waals surface area contributed by atoms with Crippen LogP contribution < -0.4 is 5.32 Å². The van der Waals surface area contributed by atoms with E-state index in [4.69, 9.17) is 11.6 Å². The van der Waals surface area contributed by atoms with Crippen LogP contribution in [0.3, 0.4) is 0 Å². The number of benzene rings is 1. The van der Waals surface area contributed by atoms with Crippen LogP contribution in [-0.4, -0.2) is 35.9 Å². The van der Waals surface area contributed by atoms with Crippen molar-refractivity contribution in [2.75, 3.05) is 25.1 Å². The molecule has 17 heavy (non-hydrogen) atoms. The lowest BCUT2D eigenvalue weighted by molar-refractivity contribution is -0.127. The third kappa shape index (κ3) is 2.94. The Hall–Kier alpha value is -0.710. The molecule has 1 unspecified atom stereocenters.